The molecule has 1 atom stereocenters. The van der Waals surface area contributed by atoms with Gasteiger partial charge in [0, 0.05) is 16.0 Å². The number of ether oxygens (including phenoxy) is 1. The fourth-order valence-corrected chi connectivity index (χ4v) is 5.30. The van der Waals surface area contributed by atoms with E-state index in [1.54, 1.807) is 30.6 Å². The summed E-state index contributed by atoms with van der Waals surface area (Å²) in [4.78, 5) is 17.1. The summed E-state index contributed by atoms with van der Waals surface area (Å²) in [5.74, 6) is 0.845. The highest BCUT2D eigenvalue weighted by molar-refractivity contribution is 9.10. The maximum absolute atomic E-state index is 13.2. The SMILES string of the molecule is CCC(Br)C(=O)N(C=C(Sc1ccccc1)Sc1ccccc1)Cc1ccc(OC)cc1. The lowest BCUT2D eigenvalue weighted by molar-refractivity contribution is -0.128. The van der Waals surface area contributed by atoms with Gasteiger partial charge in [0.1, 0.15) is 5.75 Å². The zero-order valence-corrected chi connectivity index (χ0v) is 21.3. The number of carbonyl (C=O) groups is 1. The van der Waals surface area contributed by atoms with Crippen LogP contribution in [0.15, 0.2) is 105 Å². The number of rotatable bonds is 10. The molecule has 3 nitrogen and oxygen atoms in total. The van der Waals surface area contributed by atoms with E-state index in [0.29, 0.717) is 6.54 Å². The Balaban J connectivity index is 1.93. The van der Waals surface area contributed by atoms with Gasteiger partial charge >= 0.3 is 0 Å². The van der Waals surface area contributed by atoms with Gasteiger partial charge < -0.3 is 9.64 Å². The average Bonchev–Trinajstić information content (AvgIpc) is 2.84. The Bertz CT molecular complexity index is 968. The summed E-state index contributed by atoms with van der Waals surface area (Å²) in [5.41, 5.74) is 1.04. The topological polar surface area (TPSA) is 29.5 Å². The number of amides is 1. The normalized spacial score (nSPS) is 11.5. The van der Waals surface area contributed by atoms with Crippen molar-refractivity contribution in [2.24, 2.45) is 0 Å². The molecule has 0 aromatic heterocycles. The van der Waals surface area contributed by atoms with Gasteiger partial charge in [-0.25, -0.2) is 0 Å². The van der Waals surface area contributed by atoms with E-state index >= 15 is 0 Å². The molecule has 0 N–H and O–H groups in total. The van der Waals surface area contributed by atoms with E-state index in [4.69, 9.17) is 4.74 Å². The van der Waals surface area contributed by atoms with Crippen LogP contribution in [0.1, 0.15) is 18.9 Å². The molecule has 0 bridgehead atoms. The van der Waals surface area contributed by atoms with Crippen molar-refractivity contribution in [3.8, 4) is 5.75 Å². The van der Waals surface area contributed by atoms with Crippen LogP contribution in [0.5, 0.6) is 5.75 Å². The van der Waals surface area contributed by atoms with Gasteiger partial charge in [0.05, 0.1) is 22.7 Å². The Morgan fingerprint density at radius 2 is 1.47 bits per heavy atom. The molecular formula is C26H26BrNO2S2. The minimum Gasteiger partial charge on any atom is -0.497 e. The highest BCUT2D eigenvalue weighted by atomic mass is 79.9. The molecular weight excluding hydrogens is 502 g/mol. The van der Waals surface area contributed by atoms with Gasteiger partial charge in [0.25, 0.3) is 0 Å². The lowest BCUT2D eigenvalue weighted by Crippen LogP contribution is -2.32. The van der Waals surface area contributed by atoms with E-state index in [-0.39, 0.29) is 10.7 Å². The first kappa shape index (κ1) is 24.5. The number of alkyl halides is 1. The van der Waals surface area contributed by atoms with Crippen molar-refractivity contribution in [3.63, 3.8) is 0 Å². The summed E-state index contributed by atoms with van der Waals surface area (Å²) in [6.07, 6.45) is 2.70. The van der Waals surface area contributed by atoms with Gasteiger partial charge in [0.2, 0.25) is 5.91 Å². The van der Waals surface area contributed by atoms with E-state index in [1.807, 2.05) is 78.7 Å². The zero-order valence-electron chi connectivity index (χ0n) is 18.1. The molecule has 3 rings (SSSR count). The molecule has 0 aliphatic carbocycles. The first-order chi connectivity index (χ1) is 15.6. The van der Waals surface area contributed by atoms with Crippen LogP contribution in [0.2, 0.25) is 0 Å². The Labute approximate surface area is 207 Å². The lowest BCUT2D eigenvalue weighted by atomic mass is 10.2. The van der Waals surface area contributed by atoms with Gasteiger partial charge in [0.15, 0.2) is 0 Å². The Morgan fingerprint density at radius 1 is 0.938 bits per heavy atom. The van der Waals surface area contributed by atoms with Crippen LogP contribution in [0.25, 0.3) is 0 Å². The molecule has 0 radical (unpaired) electrons. The van der Waals surface area contributed by atoms with Crippen molar-refractivity contribution < 1.29 is 9.53 Å². The molecule has 0 aliphatic heterocycles. The minimum atomic E-state index is -0.235. The Kier molecular flexibility index (Phi) is 9.78. The smallest absolute Gasteiger partial charge is 0.240 e. The van der Waals surface area contributed by atoms with Crippen LogP contribution in [0.4, 0.5) is 0 Å². The summed E-state index contributed by atoms with van der Waals surface area (Å²) >= 11 is 6.87. The lowest BCUT2D eigenvalue weighted by Gasteiger charge is -2.23. The van der Waals surface area contributed by atoms with Crippen molar-refractivity contribution in [1.82, 2.24) is 4.90 Å². The van der Waals surface area contributed by atoms with E-state index in [2.05, 4.69) is 40.2 Å². The maximum atomic E-state index is 13.2. The quantitative estimate of drug-likeness (QED) is 0.200. The van der Waals surface area contributed by atoms with E-state index in [0.717, 1.165) is 31.8 Å². The fourth-order valence-electron chi connectivity index (χ4n) is 2.88. The van der Waals surface area contributed by atoms with Crippen LogP contribution in [-0.4, -0.2) is 22.7 Å². The maximum Gasteiger partial charge on any atom is 0.240 e. The molecule has 0 heterocycles. The number of methoxy groups -OCH3 is 1. The van der Waals surface area contributed by atoms with Crippen molar-refractivity contribution >= 4 is 45.4 Å². The molecule has 3 aromatic rings. The molecule has 1 unspecified atom stereocenters. The van der Waals surface area contributed by atoms with Crippen molar-refractivity contribution in [1.29, 1.82) is 0 Å². The minimum absolute atomic E-state index is 0.0446. The summed E-state index contributed by atoms with van der Waals surface area (Å²) in [6.45, 7) is 2.49. The molecule has 32 heavy (non-hydrogen) atoms. The third-order valence-corrected chi connectivity index (χ3v) is 7.77. The van der Waals surface area contributed by atoms with E-state index in [1.165, 1.54) is 0 Å². The second-order valence-corrected chi connectivity index (χ2v) is 10.6. The molecule has 166 valence electrons. The molecule has 0 saturated heterocycles. The number of benzene rings is 3. The first-order valence-corrected chi connectivity index (χ1v) is 12.9. The standard InChI is InChI=1S/C26H26BrNO2S2/c1-3-24(27)26(29)28(18-20-14-16-21(30-2)17-15-20)19-25(31-22-10-6-4-7-11-22)32-23-12-8-5-9-13-23/h4-17,19,24H,3,18H2,1-2H3. The van der Waals surface area contributed by atoms with Crippen LogP contribution in [0, 0.1) is 0 Å². The molecule has 3 aromatic carbocycles. The third-order valence-electron chi connectivity index (χ3n) is 4.61. The predicted molar refractivity (Wildman–Crippen MR) is 139 cm³/mol. The van der Waals surface area contributed by atoms with Crippen LogP contribution in [0.3, 0.4) is 0 Å². The highest BCUT2D eigenvalue weighted by Crippen LogP contribution is 2.39. The molecule has 0 spiro atoms. The van der Waals surface area contributed by atoms with E-state index < -0.39 is 0 Å². The number of thioether (sulfide) groups is 2. The number of nitrogens with zero attached hydrogens (tertiary/aromatic N) is 1. The second kappa shape index (κ2) is 12.8. The first-order valence-electron chi connectivity index (χ1n) is 10.3. The Hall–Kier alpha value is -2.15. The third kappa shape index (κ3) is 7.47. The van der Waals surface area contributed by atoms with Gasteiger partial charge in [-0.15, -0.1) is 0 Å². The van der Waals surface area contributed by atoms with Gasteiger partial charge in [-0.2, -0.15) is 0 Å². The van der Waals surface area contributed by atoms with Crippen molar-refractivity contribution in [2.45, 2.75) is 34.5 Å². The number of carbonyl (C=O) groups excluding carboxylic acids is 1. The van der Waals surface area contributed by atoms with Crippen molar-refractivity contribution in [2.75, 3.05) is 7.11 Å². The molecule has 0 fully saturated rings. The molecule has 1 amide bonds. The molecule has 0 aliphatic rings. The van der Waals surface area contributed by atoms with Gasteiger partial charge in [-0.3, -0.25) is 4.79 Å². The summed E-state index contributed by atoms with van der Waals surface area (Å²) in [5, 5.41) is 0. The summed E-state index contributed by atoms with van der Waals surface area (Å²) in [7, 11) is 1.65. The summed E-state index contributed by atoms with van der Waals surface area (Å²) < 4.78 is 6.30. The number of hydrogen-bond acceptors (Lipinski definition) is 4. The van der Waals surface area contributed by atoms with Crippen LogP contribution in [-0.2, 0) is 11.3 Å². The average molecular weight is 529 g/mol. The largest absolute Gasteiger partial charge is 0.497 e. The number of hydrogen-bond donors (Lipinski definition) is 0. The molecule has 0 saturated carbocycles. The predicted octanol–water partition coefficient (Wildman–Crippen LogP) is 7.58. The van der Waals surface area contributed by atoms with E-state index in [9.17, 15) is 4.79 Å². The van der Waals surface area contributed by atoms with Gasteiger partial charge in [-0.05, 0) is 48.4 Å². The monoisotopic (exact) mass is 527 g/mol. The fraction of sp³-hybridized carbons (Fsp3) is 0.192. The zero-order chi connectivity index (χ0) is 22.8. The number of halogens is 1. The van der Waals surface area contributed by atoms with Crippen LogP contribution >= 0.6 is 39.5 Å². The summed E-state index contributed by atoms with van der Waals surface area (Å²) in [6, 6.07) is 28.3. The van der Waals surface area contributed by atoms with Crippen LogP contribution < -0.4 is 4.74 Å². The second-order valence-electron chi connectivity index (χ2n) is 6.97. The van der Waals surface area contributed by atoms with Crippen molar-refractivity contribution in [3.05, 3.63) is 101 Å². The van der Waals surface area contributed by atoms with Gasteiger partial charge in [-0.1, -0.05) is 94.9 Å². The Morgan fingerprint density at radius 3 is 1.94 bits per heavy atom. The molecule has 6 heteroatoms. The highest BCUT2D eigenvalue weighted by Gasteiger charge is 2.21.